The molecule has 1 saturated heterocycles. The van der Waals surface area contributed by atoms with Gasteiger partial charge in [0.1, 0.15) is 5.82 Å². The van der Waals surface area contributed by atoms with Crippen LogP contribution in [0, 0.1) is 11.7 Å². The van der Waals surface area contributed by atoms with Gasteiger partial charge in [0, 0.05) is 25.2 Å². The fourth-order valence-electron chi connectivity index (χ4n) is 4.71. The molecular formula is C22H28BrFN4OS. The van der Waals surface area contributed by atoms with Crippen molar-refractivity contribution in [2.45, 2.75) is 57.5 Å². The first-order valence-corrected chi connectivity index (χ1v) is 12.3. The first kappa shape index (κ1) is 21.6. The standard InChI is InChI=1S/C22H28BrFN4OS/c1-15-6-8-16(9-7-15)28(22(29)26-21-25-14-20(23)30-21)17-10-12-27(13-11-17)19-5-3-2-4-18(19)24/h2-5,14-17H,6-13H2,1H3,(H,25,26,29)/t15-,16-. The lowest BCUT2D eigenvalue weighted by molar-refractivity contribution is 0.111. The summed E-state index contributed by atoms with van der Waals surface area (Å²) in [5, 5.41) is 3.63. The summed E-state index contributed by atoms with van der Waals surface area (Å²) in [6.07, 6.45) is 7.80. The maximum Gasteiger partial charge on any atom is 0.324 e. The molecule has 1 aliphatic heterocycles. The van der Waals surface area contributed by atoms with Crippen molar-refractivity contribution in [2.75, 3.05) is 23.3 Å². The zero-order valence-corrected chi connectivity index (χ0v) is 19.6. The molecule has 2 aliphatic rings. The minimum atomic E-state index is -0.179. The number of anilines is 2. The predicted molar refractivity (Wildman–Crippen MR) is 124 cm³/mol. The summed E-state index contributed by atoms with van der Waals surface area (Å²) in [5.74, 6) is 0.546. The van der Waals surface area contributed by atoms with Crippen molar-refractivity contribution in [1.29, 1.82) is 0 Å². The van der Waals surface area contributed by atoms with E-state index in [1.165, 1.54) is 17.4 Å². The number of halogens is 2. The van der Waals surface area contributed by atoms with Crippen LogP contribution < -0.4 is 10.2 Å². The molecule has 2 amide bonds. The van der Waals surface area contributed by atoms with Crippen LogP contribution in [-0.4, -0.2) is 41.1 Å². The number of nitrogens with one attached hydrogen (secondary N) is 1. The first-order chi connectivity index (χ1) is 14.5. The largest absolute Gasteiger partial charge is 0.369 e. The summed E-state index contributed by atoms with van der Waals surface area (Å²) in [6.45, 7) is 3.79. The summed E-state index contributed by atoms with van der Waals surface area (Å²) in [5.41, 5.74) is 0.658. The molecule has 1 saturated carbocycles. The number of amides is 2. The van der Waals surface area contributed by atoms with Crippen molar-refractivity contribution >= 4 is 44.1 Å². The van der Waals surface area contributed by atoms with Gasteiger partial charge < -0.3 is 9.80 Å². The van der Waals surface area contributed by atoms with Gasteiger partial charge in [-0.15, -0.1) is 0 Å². The van der Waals surface area contributed by atoms with E-state index < -0.39 is 0 Å². The topological polar surface area (TPSA) is 48.5 Å². The summed E-state index contributed by atoms with van der Waals surface area (Å²) in [4.78, 5) is 21.7. The number of piperidine rings is 1. The van der Waals surface area contributed by atoms with Gasteiger partial charge in [0.15, 0.2) is 5.13 Å². The second-order valence-electron chi connectivity index (χ2n) is 8.39. The van der Waals surface area contributed by atoms with Gasteiger partial charge in [0.2, 0.25) is 0 Å². The van der Waals surface area contributed by atoms with Gasteiger partial charge in [-0.2, -0.15) is 0 Å². The molecule has 2 aromatic rings. The maximum atomic E-state index is 14.2. The van der Waals surface area contributed by atoms with E-state index in [4.69, 9.17) is 0 Å². The number of hydrogen-bond donors (Lipinski definition) is 1. The van der Waals surface area contributed by atoms with Crippen molar-refractivity contribution in [2.24, 2.45) is 5.92 Å². The molecule has 1 aliphatic carbocycles. The molecule has 1 aromatic carbocycles. The molecule has 0 radical (unpaired) electrons. The Morgan fingerprint density at radius 1 is 1.17 bits per heavy atom. The van der Waals surface area contributed by atoms with Crippen LogP contribution in [-0.2, 0) is 0 Å². The second kappa shape index (κ2) is 9.64. The minimum Gasteiger partial charge on any atom is -0.369 e. The summed E-state index contributed by atoms with van der Waals surface area (Å²) >= 11 is 4.83. The fourth-order valence-corrected chi connectivity index (χ4v) is 5.81. The highest BCUT2D eigenvalue weighted by Crippen LogP contribution is 2.33. The van der Waals surface area contributed by atoms with Crippen LogP contribution in [0.25, 0.3) is 0 Å². The molecule has 162 valence electrons. The number of benzene rings is 1. The maximum absolute atomic E-state index is 14.2. The third-order valence-corrected chi connectivity index (χ3v) is 7.75. The predicted octanol–water partition coefficient (Wildman–Crippen LogP) is 6.13. The molecule has 0 spiro atoms. The number of urea groups is 1. The van der Waals surface area contributed by atoms with Gasteiger partial charge in [0.05, 0.1) is 15.7 Å². The average molecular weight is 495 g/mol. The SMILES string of the molecule is C[C@H]1CC[C@H](N(C(=O)Nc2ncc(Br)s2)C2CCN(c3ccccc3F)CC2)CC1. The highest BCUT2D eigenvalue weighted by Gasteiger charge is 2.35. The molecule has 0 atom stereocenters. The molecule has 30 heavy (non-hydrogen) atoms. The Morgan fingerprint density at radius 2 is 1.83 bits per heavy atom. The molecule has 4 rings (SSSR count). The van der Waals surface area contributed by atoms with Gasteiger partial charge in [-0.1, -0.05) is 30.4 Å². The Bertz CT molecular complexity index is 862. The lowest BCUT2D eigenvalue weighted by Gasteiger charge is -2.44. The molecule has 8 heteroatoms. The van der Waals surface area contributed by atoms with E-state index in [2.05, 4.69) is 43.0 Å². The van der Waals surface area contributed by atoms with Crippen molar-refractivity contribution < 1.29 is 9.18 Å². The molecule has 0 unspecified atom stereocenters. The fraction of sp³-hybridized carbons (Fsp3) is 0.545. The van der Waals surface area contributed by atoms with Crippen LogP contribution in [0.15, 0.2) is 34.2 Å². The van der Waals surface area contributed by atoms with Crippen LogP contribution in [0.2, 0.25) is 0 Å². The van der Waals surface area contributed by atoms with E-state index in [1.807, 2.05) is 12.1 Å². The molecule has 1 N–H and O–H groups in total. The average Bonchev–Trinajstić information content (AvgIpc) is 3.15. The lowest BCUT2D eigenvalue weighted by Crippen LogP contribution is -2.54. The number of nitrogens with zero attached hydrogens (tertiary/aromatic N) is 3. The third-order valence-electron chi connectivity index (χ3n) is 6.36. The van der Waals surface area contributed by atoms with Crippen LogP contribution >= 0.6 is 27.3 Å². The molecular weight excluding hydrogens is 467 g/mol. The van der Waals surface area contributed by atoms with Crippen LogP contribution in [0.1, 0.15) is 45.4 Å². The summed E-state index contributed by atoms with van der Waals surface area (Å²) < 4.78 is 15.1. The monoisotopic (exact) mass is 494 g/mol. The van der Waals surface area contributed by atoms with E-state index in [0.29, 0.717) is 10.8 Å². The second-order valence-corrected chi connectivity index (χ2v) is 10.8. The zero-order chi connectivity index (χ0) is 21.1. The summed E-state index contributed by atoms with van der Waals surface area (Å²) in [7, 11) is 0. The highest BCUT2D eigenvalue weighted by molar-refractivity contribution is 9.11. The van der Waals surface area contributed by atoms with Gasteiger partial charge >= 0.3 is 6.03 Å². The van der Waals surface area contributed by atoms with Crippen molar-refractivity contribution in [3.05, 3.63) is 40.1 Å². The number of rotatable bonds is 4. The minimum absolute atomic E-state index is 0.0549. The number of carbonyl (C=O) groups is 1. The Kier molecular flexibility index (Phi) is 6.93. The van der Waals surface area contributed by atoms with E-state index in [0.717, 1.165) is 61.3 Å². The van der Waals surface area contributed by atoms with Gasteiger partial charge in [0.25, 0.3) is 0 Å². The van der Waals surface area contributed by atoms with Gasteiger partial charge in [-0.3, -0.25) is 5.32 Å². The van der Waals surface area contributed by atoms with Crippen LogP contribution in [0.4, 0.5) is 20.0 Å². The van der Waals surface area contributed by atoms with E-state index in [1.54, 1.807) is 12.3 Å². The Balaban J connectivity index is 1.47. The van der Waals surface area contributed by atoms with Crippen molar-refractivity contribution in [1.82, 2.24) is 9.88 Å². The number of thiazole rings is 1. The highest BCUT2D eigenvalue weighted by atomic mass is 79.9. The number of hydrogen-bond acceptors (Lipinski definition) is 4. The van der Waals surface area contributed by atoms with E-state index in [-0.39, 0.29) is 23.9 Å². The number of carbonyl (C=O) groups excluding carboxylic acids is 1. The van der Waals surface area contributed by atoms with Gasteiger partial charge in [-0.05, 0) is 72.5 Å². The smallest absolute Gasteiger partial charge is 0.324 e. The van der Waals surface area contributed by atoms with E-state index >= 15 is 0 Å². The number of aromatic nitrogens is 1. The van der Waals surface area contributed by atoms with Crippen molar-refractivity contribution in [3.8, 4) is 0 Å². The third kappa shape index (κ3) is 4.97. The van der Waals surface area contributed by atoms with Crippen LogP contribution in [0.5, 0.6) is 0 Å². The Labute approximate surface area is 189 Å². The molecule has 5 nitrogen and oxygen atoms in total. The lowest BCUT2D eigenvalue weighted by atomic mass is 9.85. The quantitative estimate of drug-likeness (QED) is 0.556. The molecule has 2 heterocycles. The first-order valence-electron chi connectivity index (χ1n) is 10.7. The molecule has 0 bridgehead atoms. The Hall–Kier alpha value is -1.67. The van der Waals surface area contributed by atoms with Crippen molar-refractivity contribution in [3.63, 3.8) is 0 Å². The number of para-hydroxylation sites is 1. The normalized spacial score (nSPS) is 22.7. The summed E-state index contributed by atoms with van der Waals surface area (Å²) in [6, 6.07) is 7.31. The van der Waals surface area contributed by atoms with Crippen LogP contribution in [0.3, 0.4) is 0 Å². The molecule has 2 fully saturated rings. The van der Waals surface area contributed by atoms with E-state index in [9.17, 15) is 9.18 Å². The zero-order valence-electron chi connectivity index (χ0n) is 17.2. The molecule has 1 aromatic heterocycles. The Morgan fingerprint density at radius 3 is 2.47 bits per heavy atom. The van der Waals surface area contributed by atoms with Gasteiger partial charge in [-0.25, -0.2) is 14.2 Å².